The zero-order valence-corrected chi connectivity index (χ0v) is 19.2. The number of hydrogen-bond acceptors (Lipinski definition) is 1. The first-order valence-electron chi connectivity index (χ1n) is 10.0. The van der Waals surface area contributed by atoms with Crippen molar-refractivity contribution in [3.8, 4) is 0 Å². The molecule has 0 fully saturated rings. The molecule has 2 aromatic rings. The lowest BCUT2D eigenvalue weighted by atomic mass is 9.63. The van der Waals surface area contributed by atoms with Gasteiger partial charge in [-0.3, -0.25) is 0 Å². The molecule has 0 unspecified atom stereocenters. The van der Waals surface area contributed by atoms with Crippen LogP contribution in [0.5, 0.6) is 0 Å². The standard InChI is InChI=1S/C26H31BrO/c1-18(9-10-21(17-28)20-7-6-8-22(27)15-20)19-11-12-23-24(16-19)26(4,5)14-13-25(23,2)3/h6-12,15-16,28H,13-14,17H2,1-5H3/b18-9+,21-10+. The van der Waals surface area contributed by atoms with Gasteiger partial charge in [-0.1, -0.05) is 86.1 Å². The summed E-state index contributed by atoms with van der Waals surface area (Å²) in [6, 6.07) is 15.0. The predicted molar refractivity (Wildman–Crippen MR) is 125 cm³/mol. The van der Waals surface area contributed by atoms with Crippen molar-refractivity contribution < 1.29 is 5.11 Å². The number of halogens is 1. The van der Waals surface area contributed by atoms with E-state index < -0.39 is 0 Å². The molecular formula is C26H31BrO. The molecule has 2 heteroatoms. The third-order valence-corrected chi connectivity index (χ3v) is 6.70. The molecule has 1 nitrogen and oxygen atoms in total. The summed E-state index contributed by atoms with van der Waals surface area (Å²) in [6.07, 6.45) is 6.61. The van der Waals surface area contributed by atoms with Crippen molar-refractivity contribution in [3.63, 3.8) is 0 Å². The van der Waals surface area contributed by atoms with E-state index >= 15 is 0 Å². The summed E-state index contributed by atoms with van der Waals surface area (Å²) in [6.45, 7) is 11.6. The summed E-state index contributed by atoms with van der Waals surface area (Å²) in [5.74, 6) is 0. The molecule has 0 spiro atoms. The molecule has 1 aliphatic rings. The first-order chi connectivity index (χ1) is 13.1. The van der Waals surface area contributed by atoms with Crippen molar-refractivity contribution in [2.45, 2.75) is 58.3 Å². The number of benzene rings is 2. The van der Waals surface area contributed by atoms with Gasteiger partial charge in [-0.25, -0.2) is 0 Å². The van der Waals surface area contributed by atoms with Crippen LogP contribution in [0.2, 0.25) is 0 Å². The average Bonchev–Trinajstić information content (AvgIpc) is 2.66. The van der Waals surface area contributed by atoms with Crippen LogP contribution in [0.15, 0.2) is 59.1 Å². The highest BCUT2D eigenvalue weighted by Gasteiger charge is 2.36. The van der Waals surface area contributed by atoms with Crippen molar-refractivity contribution in [2.75, 3.05) is 6.61 Å². The van der Waals surface area contributed by atoms with Crippen LogP contribution in [0.4, 0.5) is 0 Å². The van der Waals surface area contributed by atoms with E-state index in [9.17, 15) is 5.11 Å². The minimum atomic E-state index is 0.0195. The molecule has 0 heterocycles. The fourth-order valence-corrected chi connectivity index (χ4v) is 4.48. The topological polar surface area (TPSA) is 20.2 Å². The van der Waals surface area contributed by atoms with Crippen LogP contribution in [-0.2, 0) is 10.8 Å². The molecule has 0 radical (unpaired) electrons. The number of hydrogen-bond donors (Lipinski definition) is 1. The molecular weight excluding hydrogens is 408 g/mol. The predicted octanol–water partition coefficient (Wildman–Crippen LogP) is 7.28. The molecule has 148 valence electrons. The second-order valence-corrected chi connectivity index (χ2v) is 10.2. The van der Waals surface area contributed by atoms with Crippen molar-refractivity contribution in [1.82, 2.24) is 0 Å². The Labute approximate surface area is 178 Å². The number of allylic oxidation sites excluding steroid dienone is 3. The molecule has 28 heavy (non-hydrogen) atoms. The summed E-state index contributed by atoms with van der Waals surface area (Å²) in [5, 5.41) is 9.83. The second kappa shape index (κ2) is 8.00. The van der Waals surface area contributed by atoms with Crippen molar-refractivity contribution >= 4 is 27.1 Å². The Kier molecular flexibility index (Phi) is 6.03. The zero-order valence-electron chi connectivity index (χ0n) is 17.6. The second-order valence-electron chi connectivity index (χ2n) is 9.24. The summed E-state index contributed by atoms with van der Waals surface area (Å²) >= 11 is 3.51. The van der Waals surface area contributed by atoms with Crippen molar-refractivity contribution in [2.24, 2.45) is 0 Å². The monoisotopic (exact) mass is 438 g/mol. The molecule has 0 atom stereocenters. The SMILES string of the molecule is C/C(=C\C=C(/CO)c1cccc(Br)c1)c1ccc2c(c1)C(C)(C)CCC2(C)C. The highest BCUT2D eigenvalue weighted by atomic mass is 79.9. The lowest BCUT2D eigenvalue weighted by Gasteiger charge is -2.42. The molecule has 1 aliphatic carbocycles. The van der Waals surface area contributed by atoms with Gasteiger partial charge in [0.25, 0.3) is 0 Å². The normalized spacial score (nSPS) is 18.7. The van der Waals surface area contributed by atoms with E-state index in [1.165, 1.54) is 35.1 Å². The Balaban J connectivity index is 1.97. The molecule has 1 N–H and O–H groups in total. The lowest BCUT2D eigenvalue weighted by Crippen LogP contribution is -2.33. The Morgan fingerprint density at radius 3 is 2.25 bits per heavy atom. The average molecular weight is 439 g/mol. The first-order valence-corrected chi connectivity index (χ1v) is 10.8. The smallest absolute Gasteiger partial charge is 0.0687 e. The van der Waals surface area contributed by atoms with Crippen LogP contribution in [0, 0.1) is 0 Å². The summed E-state index contributed by atoms with van der Waals surface area (Å²) < 4.78 is 1.02. The summed E-state index contributed by atoms with van der Waals surface area (Å²) in [5.41, 5.74) is 7.84. The number of aliphatic hydroxyl groups is 1. The molecule has 0 aromatic heterocycles. The maximum absolute atomic E-state index is 9.83. The van der Waals surface area contributed by atoms with E-state index in [1.54, 1.807) is 0 Å². The van der Waals surface area contributed by atoms with Crippen LogP contribution >= 0.6 is 15.9 Å². The van der Waals surface area contributed by atoms with Gasteiger partial charge >= 0.3 is 0 Å². The van der Waals surface area contributed by atoms with Crippen LogP contribution in [0.25, 0.3) is 11.1 Å². The van der Waals surface area contributed by atoms with Crippen molar-refractivity contribution in [1.29, 1.82) is 0 Å². The van der Waals surface area contributed by atoms with E-state index in [0.29, 0.717) is 0 Å². The quantitative estimate of drug-likeness (QED) is 0.497. The molecule has 0 saturated carbocycles. The van der Waals surface area contributed by atoms with Crippen LogP contribution in [0.1, 0.15) is 69.7 Å². The summed E-state index contributed by atoms with van der Waals surface area (Å²) in [7, 11) is 0. The van der Waals surface area contributed by atoms with Gasteiger partial charge in [-0.15, -0.1) is 0 Å². The van der Waals surface area contributed by atoms with Gasteiger partial charge in [0.05, 0.1) is 6.61 Å². The lowest BCUT2D eigenvalue weighted by molar-refractivity contribution is 0.332. The van der Waals surface area contributed by atoms with E-state index in [-0.39, 0.29) is 17.4 Å². The number of rotatable bonds is 4. The first kappa shape index (κ1) is 21.1. The molecule has 2 aromatic carbocycles. The van der Waals surface area contributed by atoms with E-state index in [0.717, 1.165) is 15.6 Å². The van der Waals surface area contributed by atoms with Crippen LogP contribution < -0.4 is 0 Å². The Morgan fingerprint density at radius 2 is 1.61 bits per heavy atom. The van der Waals surface area contributed by atoms with Gasteiger partial charge in [0.15, 0.2) is 0 Å². The van der Waals surface area contributed by atoms with Gasteiger partial charge in [0, 0.05) is 4.47 Å². The molecule has 3 rings (SSSR count). The Hall–Kier alpha value is -1.64. The fraction of sp³-hybridized carbons (Fsp3) is 0.385. The van der Waals surface area contributed by atoms with Crippen LogP contribution in [-0.4, -0.2) is 11.7 Å². The van der Waals surface area contributed by atoms with E-state index in [4.69, 9.17) is 0 Å². The molecule has 0 amide bonds. The number of aliphatic hydroxyl groups excluding tert-OH is 1. The van der Waals surface area contributed by atoms with E-state index in [2.05, 4.69) is 74.8 Å². The van der Waals surface area contributed by atoms with Gasteiger partial charge in [0.1, 0.15) is 0 Å². The molecule has 0 bridgehead atoms. The molecule has 0 saturated heterocycles. The highest BCUT2D eigenvalue weighted by molar-refractivity contribution is 9.10. The highest BCUT2D eigenvalue weighted by Crippen LogP contribution is 2.46. The van der Waals surface area contributed by atoms with E-state index in [1.807, 2.05) is 30.3 Å². The number of fused-ring (bicyclic) bond motifs is 1. The third kappa shape index (κ3) is 4.34. The fourth-order valence-electron chi connectivity index (χ4n) is 4.08. The van der Waals surface area contributed by atoms with Gasteiger partial charge < -0.3 is 5.11 Å². The zero-order chi connectivity index (χ0) is 20.5. The third-order valence-electron chi connectivity index (χ3n) is 6.21. The van der Waals surface area contributed by atoms with Gasteiger partial charge in [-0.05, 0) is 76.1 Å². The van der Waals surface area contributed by atoms with Crippen molar-refractivity contribution in [3.05, 3.63) is 81.3 Å². The maximum Gasteiger partial charge on any atom is 0.0687 e. The molecule has 0 aliphatic heterocycles. The maximum atomic E-state index is 9.83. The van der Waals surface area contributed by atoms with Gasteiger partial charge in [0.2, 0.25) is 0 Å². The Morgan fingerprint density at radius 1 is 0.929 bits per heavy atom. The van der Waals surface area contributed by atoms with Crippen LogP contribution in [0.3, 0.4) is 0 Å². The summed E-state index contributed by atoms with van der Waals surface area (Å²) in [4.78, 5) is 0. The van der Waals surface area contributed by atoms with Gasteiger partial charge in [-0.2, -0.15) is 0 Å². The largest absolute Gasteiger partial charge is 0.392 e. The Bertz CT molecular complexity index is 931. The minimum Gasteiger partial charge on any atom is -0.392 e. The minimum absolute atomic E-state index is 0.0195.